The molecule has 0 radical (unpaired) electrons. The van der Waals surface area contributed by atoms with Crippen molar-refractivity contribution >= 4 is 44.6 Å². The molecule has 3 aromatic rings. The Labute approximate surface area is 176 Å². The SMILES string of the molecule is CCOC(=O)c1c(=O)c2cc(F)c(Cl)cc2n2c(CN3CCN(C)CC3)csc12. The Bertz CT molecular complexity index is 1150. The Hall–Kier alpha value is -2.00. The zero-order valence-corrected chi connectivity index (χ0v) is 17.8. The summed E-state index contributed by atoms with van der Waals surface area (Å²) in [6.07, 6.45) is 0. The number of fused-ring (bicyclic) bond motifs is 3. The van der Waals surface area contributed by atoms with E-state index < -0.39 is 17.2 Å². The summed E-state index contributed by atoms with van der Waals surface area (Å²) in [7, 11) is 2.09. The predicted molar refractivity (Wildman–Crippen MR) is 113 cm³/mol. The average Bonchev–Trinajstić information content (AvgIpc) is 3.09. The molecule has 1 fully saturated rings. The Morgan fingerprint density at radius 3 is 2.69 bits per heavy atom. The van der Waals surface area contributed by atoms with Crippen LogP contribution in [0.3, 0.4) is 0 Å². The molecule has 2 aromatic heterocycles. The fourth-order valence-electron chi connectivity index (χ4n) is 3.66. The third-order valence-electron chi connectivity index (χ3n) is 5.22. The normalized spacial score (nSPS) is 16.0. The van der Waals surface area contributed by atoms with Crippen LogP contribution in [0.1, 0.15) is 23.0 Å². The lowest BCUT2D eigenvalue weighted by molar-refractivity contribution is 0.0527. The number of esters is 1. The molecule has 154 valence electrons. The maximum absolute atomic E-state index is 14.1. The number of nitrogens with zero attached hydrogens (tertiary/aromatic N) is 3. The standard InChI is InChI=1S/C20H21ClFN3O3S/c1-3-28-20(27)17-18(26)13-8-15(22)14(21)9-16(13)25-12(11-29-19(17)25)10-24-6-4-23(2)5-7-24/h8-9,11H,3-7,10H2,1-2H3. The molecule has 0 atom stereocenters. The summed E-state index contributed by atoms with van der Waals surface area (Å²) in [6, 6.07) is 2.56. The number of likely N-dealkylation sites (N-methyl/N-ethyl adjacent to an activating group) is 1. The van der Waals surface area contributed by atoms with E-state index in [4.69, 9.17) is 16.3 Å². The molecule has 9 heteroatoms. The molecule has 0 bridgehead atoms. The van der Waals surface area contributed by atoms with Gasteiger partial charge < -0.3 is 14.0 Å². The summed E-state index contributed by atoms with van der Waals surface area (Å²) < 4.78 is 21.1. The quantitative estimate of drug-likeness (QED) is 0.586. The van der Waals surface area contributed by atoms with Gasteiger partial charge in [-0.2, -0.15) is 0 Å². The third-order valence-corrected chi connectivity index (χ3v) is 6.51. The third kappa shape index (κ3) is 3.66. The summed E-state index contributed by atoms with van der Waals surface area (Å²) in [5.74, 6) is -1.39. The van der Waals surface area contributed by atoms with Crippen LogP contribution in [0, 0.1) is 5.82 Å². The second-order valence-corrected chi connectivity index (χ2v) is 8.42. The van der Waals surface area contributed by atoms with Gasteiger partial charge in [-0.25, -0.2) is 9.18 Å². The first kappa shape index (κ1) is 20.3. The van der Waals surface area contributed by atoms with Crippen LogP contribution in [0.5, 0.6) is 0 Å². The molecular formula is C20H21ClFN3O3S. The number of ether oxygens (including phenoxy) is 1. The lowest BCUT2D eigenvalue weighted by Gasteiger charge is -2.32. The molecule has 0 amide bonds. The fourth-order valence-corrected chi connectivity index (χ4v) is 4.86. The molecule has 1 saturated heterocycles. The van der Waals surface area contributed by atoms with E-state index in [-0.39, 0.29) is 22.6 Å². The maximum Gasteiger partial charge on any atom is 0.345 e. The highest BCUT2D eigenvalue weighted by molar-refractivity contribution is 7.16. The Morgan fingerprint density at radius 2 is 2.00 bits per heavy atom. The lowest BCUT2D eigenvalue weighted by atomic mass is 10.1. The van der Waals surface area contributed by atoms with Gasteiger partial charge in [-0.15, -0.1) is 11.3 Å². The Kier molecular flexibility index (Phi) is 5.61. The average molecular weight is 438 g/mol. The number of carbonyl (C=O) groups excluding carboxylic acids is 1. The summed E-state index contributed by atoms with van der Waals surface area (Å²) in [4.78, 5) is 30.7. The van der Waals surface area contributed by atoms with Crippen molar-refractivity contribution in [1.82, 2.24) is 14.2 Å². The van der Waals surface area contributed by atoms with E-state index >= 15 is 0 Å². The molecule has 6 nitrogen and oxygen atoms in total. The van der Waals surface area contributed by atoms with Gasteiger partial charge in [-0.05, 0) is 26.1 Å². The topological polar surface area (TPSA) is 54.3 Å². The van der Waals surface area contributed by atoms with Gasteiger partial charge >= 0.3 is 5.97 Å². The largest absolute Gasteiger partial charge is 0.462 e. The van der Waals surface area contributed by atoms with Crippen molar-refractivity contribution < 1.29 is 13.9 Å². The number of hydrogen-bond donors (Lipinski definition) is 0. The number of aromatic nitrogens is 1. The predicted octanol–water partition coefficient (Wildman–Crippen LogP) is 3.23. The molecule has 0 N–H and O–H groups in total. The minimum Gasteiger partial charge on any atom is -0.462 e. The van der Waals surface area contributed by atoms with Crippen LogP contribution in [0.15, 0.2) is 22.3 Å². The second kappa shape index (κ2) is 8.02. The molecule has 0 spiro atoms. The molecule has 0 aliphatic carbocycles. The summed E-state index contributed by atoms with van der Waals surface area (Å²) in [5, 5.41) is 1.99. The van der Waals surface area contributed by atoms with E-state index in [9.17, 15) is 14.0 Å². The highest BCUT2D eigenvalue weighted by atomic mass is 35.5. The summed E-state index contributed by atoms with van der Waals surface area (Å²) in [6.45, 7) is 6.28. The van der Waals surface area contributed by atoms with Gasteiger partial charge in [0.25, 0.3) is 0 Å². The van der Waals surface area contributed by atoms with Gasteiger partial charge in [0.05, 0.1) is 22.5 Å². The first-order chi connectivity index (χ1) is 13.9. The van der Waals surface area contributed by atoms with E-state index in [2.05, 4.69) is 16.8 Å². The van der Waals surface area contributed by atoms with Crippen LogP contribution in [-0.4, -0.2) is 60.0 Å². The molecule has 3 heterocycles. The van der Waals surface area contributed by atoms with E-state index in [1.807, 2.05) is 9.78 Å². The van der Waals surface area contributed by atoms with Crippen LogP contribution >= 0.6 is 22.9 Å². The van der Waals surface area contributed by atoms with Gasteiger partial charge in [0, 0.05) is 43.8 Å². The Morgan fingerprint density at radius 1 is 1.28 bits per heavy atom. The number of benzene rings is 1. The van der Waals surface area contributed by atoms with Crippen LogP contribution in [0.4, 0.5) is 4.39 Å². The van der Waals surface area contributed by atoms with Gasteiger partial charge in [-0.3, -0.25) is 9.69 Å². The highest BCUT2D eigenvalue weighted by Gasteiger charge is 2.24. The van der Waals surface area contributed by atoms with Gasteiger partial charge in [0.2, 0.25) is 5.43 Å². The van der Waals surface area contributed by atoms with Crippen LogP contribution in [0.25, 0.3) is 15.7 Å². The van der Waals surface area contributed by atoms with E-state index in [0.717, 1.165) is 37.9 Å². The number of thiazole rings is 1. The molecule has 0 unspecified atom stereocenters. The number of halogens is 2. The van der Waals surface area contributed by atoms with Crippen molar-refractivity contribution in [3.05, 3.63) is 49.8 Å². The number of hydrogen-bond acceptors (Lipinski definition) is 6. The molecule has 1 aliphatic heterocycles. The van der Waals surface area contributed by atoms with E-state index in [0.29, 0.717) is 16.9 Å². The van der Waals surface area contributed by atoms with Crippen LogP contribution in [0.2, 0.25) is 5.02 Å². The zero-order chi connectivity index (χ0) is 20.7. The minimum atomic E-state index is -0.694. The van der Waals surface area contributed by atoms with Crippen molar-refractivity contribution in [1.29, 1.82) is 0 Å². The molecule has 1 aromatic carbocycles. The minimum absolute atomic E-state index is 0.0595. The van der Waals surface area contributed by atoms with Gasteiger partial charge in [0.15, 0.2) is 0 Å². The lowest BCUT2D eigenvalue weighted by Crippen LogP contribution is -2.44. The van der Waals surface area contributed by atoms with Crippen molar-refractivity contribution in [2.75, 3.05) is 39.8 Å². The number of rotatable bonds is 4. The zero-order valence-electron chi connectivity index (χ0n) is 16.2. The van der Waals surface area contributed by atoms with Gasteiger partial charge in [-0.1, -0.05) is 11.6 Å². The first-order valence-electron chi connectivity index (χ1n) is 9.42. The molecule has 1 aliphatic rings. The van der Waals surface area contributed by atoms with Crippen molar-refractivity contribution in [2.45, 2.75) is 13.5 Å². The first-order valence-corrected chi connectivity index (χ1v) is 10.7. The van der Waals surface area contributed by atoms with Crippen LogP contribution in [-0.2, 0) is 11.3 Å². The molecular weight excluding hydrogens is 417 g/mol. The number of carbonyl (C=O) groups is 1. The smallest absolute Gasteiger partial charge is 0.345 e. The van der Waals surface area contributed by atoms with E-state index in [1.54, 1.807) is 6.92 Å². The monoisotopic (exact) mass is 437 g/mol. The fraction of sp³-hybridized carbons (Fsp3) is 0.400. The molecule has 4 rings (SSSR count). The van der Waals surface area contributed by atoms with Crippen molar-refractivity contribution in [3.8, 4) is 0 Å². The van der Waals surface area contributed by atoms with E-state index in [1.165, 1.54) is 17.4 Å². The highest BCUT2D eigenvalue weighted by Crippen LogP contribution is 2.29. The summed E-state index contributed by atoms with van der Waals surface area (Å²) >= 11 is 7.34. The van der Waals surface area contributed by atoms with Crippen molar-refractivity contribution in [3.63, 3.8) is 0 Å². The molecule has 29 heavy (non-hydrogen) atoms. The Balaban J connectivity index is 1.93. The number of piperazine rings is 1. The maximum atomic E-state index is 14.1. The second-order valence-electron chi connectivity index (χ2n) is 7.16. The van der Waals surface area contributed by atoms with Crippen molar-refractivity contribution in [2.24, 2.45) is 0 Å². The van der Waals surface area contributed by atoms with Gasteiger partial charge in [0.1, 0.15) is 16.2 Å². The number of pyridine rings is 1. The van der Waals surface area contributed by atoms with Crippen LogP contribution < -0.4 is 5.43 Å². The summed E-state index contributed by atoms with van der Waals surface area (Å²) in [5.41, 5.74) is 0.820. The molecule has 0 saturated carbocycles.